The second kappa shape index (κ2) is 8.48. The highest BCUT2D eigenvalue weighted by atomic mass is 32.2. The molecule has 0 spiro atoms. The molecule has 2 aliphatic heterocycles. The Balaban J connectivity index is 1.36. The molecule has 1 aromatic heterocycles. The van der Waals surface area contributed by atoms with Crippen molar-refractivity contribution in [1.29, 1.82) is 0 Å². The summed E-state index contributed by atoms with van der Waals surface area (Å²) >= 11 is 1.65. The Hall–Kier alpha value is -3.04. The van der Waals surface area contributed by atoms with Crippen LogP contribution in [0.5, 0.6) is 11.5 Å². The van der Waals surface area contributed by atoms with E-state index in [0.717, 1.165) is 12.8 Å². The molecule has 7 nitrogen and oxygen atoms in total. The van der Waals surface area contributed by atoms with Gasteiger partial charge in [0, 0.05) is 28.7 Å². The van der Waals surface area contributed by atoms with E-state index in [2.05, 4.69) is 10.8 Å². The quantitative estimate of drug-likeness (QED) is 0.601. The monoisotopic (exact) mass is 470 g/mol. The molecule has 2 aliphatic rings. The maximum Gasteiger partial charge on any atom is 0.262 e. The summed E-state index contributed by atoms with van der Waals surface area (Å²) in [5.41, 5.74) is 0.786. The lowest BCUT2D eigenvalue weighted by atomic mass is 10.1. The van der Waals surface area contributed by atoms with Gasteiger partial charge in [-0.25, -0.2) is 8.42 Å². The van der Waals surface area contributed by atoms with Crippen LogP contribution in [0.15, 0.2) is 64.9 Å². The molecule has 32 heavy (non-hydrogen) atoms. The molecule has 0 aliphatic carbocycles. The number of ether oxygens (including phenoxy) is 2. The van der Waals surface area contributed by atoms with Gasteiger partial charge in [0.05, 0.1) is 10.9 Å². The Morgan fingerprint density at radius 2 is 1.88 bits per heavy atom. The fourth-order valence-electron chi connectivity index (χ4n) is 4.07. The smallest absolute Gasteiger partial charge is 0.262 e. The first kappa shape index (κ1) is 20.8. The Morgan fingerprint density at radius 1 is 1.03 bits per heavy atom. The summed E-state index contributed by atoms with van der Waals surface area (Å²) in [5, 5.41) is 2.02. The number of amides is 1. The molecule has 9 heteroatoms. The summed E-state index contributed by atoms with van der Waals surface area (Å²) in [5.74, 6) is 0.826. The normalized spacial score (nSPS) is 17.9. The number of nitrogens with one attached hydrogen (secondary N) is 1. The second-order valence-corrected chi connectivity index (χ2v) is 10.3. The minimum Gasteiger partial charge on any atom is -0.486 e. The Kier molecular flexibility index (Phi) is 5.52. The molecule has 166 valence electrons. The molecule has 3 aromatic rings. The minimum atomic E-state index is -3.86. The first-order valence-corrected chi connectivity index (χ1v) is 12.7. The number of anilines is 1. The van der Waals surface area contributed by atoms with Gasteiger partial charge in [-0.1, -0.05) is 12.1 Å². The summed E-state index contributed by atoms with van der Waals surface area (Å²) in [6.45, 7) is 1.49. The number of hydrogen-bond donors (Lipinski definition) is 1. The van der Waals surface area contributed by atoms with Crippen molar-refractivity contribution in [2.24, 2.45) is 0 Å². The van der Waals surface area contributed by atoms with E-state index in [4.69, 9.17) is 9.47 Å². The van der Waals surface area contributed by atoms with E-state index in [1.807, 2.05) is 16.3 Å². The van der Waals surface area contributed by atoms with E-state index in [-0.39, 0.29) is 16.8 Å². The van der Waals surface area contributed by atoms with E-state index in [1.165, 1.54) is 17.0 Å². The molecule has 2 aromatic carbocycles. The summed E-state index contributed by atoms with van der Waals surface area (Å²) in [6, 6.07) is 15.2. The lowest BCUT2D eigenvalue weighted by Gasteiger charge is -2.24. The van der Waals surface area contributed by atoms with Gasteiger partial charge in [0.1, 0.15) is 13.2 Å². The third kappa shape index (κ3) is 4.05. The Labute approximate surface area is 190 Å². The number of benzene rings is 2. The average Bonchev–Trinajstić information content (AvgIpc) is 3.50. The molecule has 0 saturated carbocycles. The van der Waals surface area contributed by atoms with Crippen LogP contribution in [0.4, 0.5) is 5.69 Å². The van der Waals surface area contributed by atoms with Crippen LogP contribution in [0.1, 0.15) is 34.1 Å². The van der Waals surface area contributed by atoms with Crippen molar-refractivity contribution in [3.05, 3.63) is 70.4 Å². The molecule has 3 heterocycles. The molecule has 1 amide bonds. The number of carbonyl (C=O) groups is 1. The number of thiophene rings is 1. The molecular weight excluding hydrogens is 448 g/mol. The third-order valence-electron chi connectivity index (χ3n) is 5.57. The largest absolute Gasteiger partial charge is 0.486 e. The SMILES string of the molecule is O=C(c1cccc(NS(=O)(=O)c2ccc3c(c2)OCCO3)c1)N1CCCC1c1cccs1. The summed E-state index contributed by atoms with van der Waals surface area (Å²) in [6.07, 6.45) is 1.88. The zero-order valence-electron chi connectivity index (χ0n) is 17.2. The van der Waals surface area contributed by atoms with Crippen molar-refractivity contribution in [1.82, 2.24) is 4.90 Å². The minimum absolute atomic E-state index is 0.0655. The number of sulfonamides is 1. The highest BCUT2D eigenvalue weighted by molar-refractivity contribution is 7.92. The highest BCUT2D eigenvalue weighted by Crippen LogP contribution is 2.36. The fraction of sp³-hybridized carbons (Fsp3) is 0.261. The van der Waals surface area contributed by atoms with Crippen molar-refractivity contribution in [3.8, 4) is 11.5 Å². The predicted octanol–water partition coefficient (Wildman–Crippen LogP) is 4.30. The number of fused-ring (bicyclic) bond motifs is 1. The van der Waals surface area contributed by atoms with E-state index in [1.54, 1.807) is 41.7 Å². The van der Waals surface area contributed by atoms with E-state index < -0.39 is 10.0 Å². The van der Waals surface area contributed by atoms with Gasteiger partial charge in [0.2, 0.25) is 0 Å². The predicted molar refractivity (Wildman–Crippen MR) is 122 cm³/mol. The number of likely N-dealkylation sites (tertiary alicyclic amines) is 1. The summed E-state index contributed by atoms with van der Waals surface area (Å²) in [4.78, 5) is 16.3. The van der Waals surface area contributed by atoms with Gasteiger partial charge in [-0.05, 0) is 54.6 Å². The lowest BCUT2D eigenvalue weighted by Crippen LogP contribution is -2.30. The molecule has 1 fully saturated rings. The van der Waals surface area contributed by atoms with Crippen molar-refractivity contribution >= 4 is 33.0 Å². The van der Waals surface area contributed by atoms with E-state index in [9.17, 15) is 13.2 Å². The van der Waals surface area contributed by atoms with Crippen molar-refractivity contribution in [2.75, 3.05) is 24.5 Å². The van der Waals surface area contributed by atoms with Crippen molar-refractivity contribution in [3.63, 3.8) is 0 Å². The van der Waals surface area contributed by atoms with Crippen LogP contribution in [-0.2, 0) is 10.0 Å². The number of hydrogen-bond acceptors (Lipinski definition) is 6. The zero-order chi connectivity index (χ0) is 22.1. The molecule has 1 N–H and O–H groups in total. The van der Waals surface area contributed by atoms with Crippen LogP contribution < -0.4 is 14.2 Å². The van der Waals surface area contributed by atoms with Gasteiger partial charge in [-0.15, -0.1) is 11.3 Å². The Bertz CT molecular complexity index is 1240. The molecular formula is C23H22N2O5S2. The summed E-state index contributed by atoms with van der Waals surface area (Å²) < 4.78 is 39.4. The molecule has 0 bridgehead atoms. The summed E-state index contributed by atoms with van der Waals surface area (Å²) in [7, 11) is -3.86. The first-order valence-electron chi connectivity index (χ1n) is 10.4. The maximum absolute atomic E-state index is 13.2. The number of nitrogens with zero attached hydrogens (tertiary/aromatic N) is 1. The lowest BCUT2D eigenvalue weighted by molar-refractivity contribution is 0.0738. The molecule has 1 atom stereocenters. The second-order valence-electron chi connectivity index (χ2n) is 7.66. The van der Waals surface area contributed by atoms with Crippen LogP contribution in [0.2, 0.25) is 0 Å². The van der Waals surface area contributed by atoms with Gasteiger partial charge in [-0.3, -0.25) is 9.52 Å². The van der Waals surface area contributed by atoms with Crippen molar-refractivity contribution in [2.45, 2.75) is 23.8 Å². The van der Waals surface area contributed by atoms with E-state index >= 15 is 0 Å². The molecule has 1 unspecified atom stereocenters. The van der Waals surface area contributed by atoms with Gasteiger partial charge in [0.25, 0.3) is 15.9 Å². The van der Waals surface area contributed by atoms with Crippen LogP contribution in [0.3, 0.4) is 0 Å². The maximum atomic E-state index is 13.2. The first-order chi connectivity index (χ1) is 15.5. The topological polar surface area (TPSA) is 84.9 Å². The van der Waals surface area contributed by atoms with Gasteiger partial charge in [0.15, 0.2) is 11.5 Å². The standard InChI is InChI=1S/C23H22N2O5S2/c26-23(25-10-2-6-19(25)22-7-3-13-31-22)16-4-1-5-17(14-16)24-32(27,28)18-8-9-20-21(15-18)30-12-11-29-20/h1,3-5,7-9,13-15,19,24H,2,6,10-12H2. The van der Waals surface area contributed by atoms with Gasteiger partial charge >= 0.3 is 0 Å². The van der Waals surface area contributed by atoms with Gasteiger partial charge in [-0.2, -0.15) is 0 Å². The van der Waals surface area contributed by atoms with Crippen molar-refractivity contribution < 1.29 is 22.7 Å². The van der Waals surface area contributed by atoms with Gasteiger partial charge < -0.3 is 14.4 Å². The molecule has 1 saturated heterocycles. The van der Waals surface area contributed by atoms with E-state index in [0.29, 0.717) is 42.5 Å². The highest BCUT2D eigenvalue weighted by Gasteiger charge is 2.31. The van der Waals surface area contributed by atoms with Crippen LogP contribution in [0.25, 0.3) is 0 Å². The number of rotatable bonds is 5. The fourth-order valence-corrected chi connectivity index (χ4v) is 6.01. The van der Waals surface area contributed by atoms with Crippen LogP contribution >= 0.6 is 11.3 Å². The zero-order valence-corrected chi connectivity index (χ0v) is 18.8. The molecule has 0 radical (unpaired) electrons. The average molecular weight is 471 g/mol. The molecule has 5 rings (SSSR count). The third-order valence-corrected chi connectivity index (χ3v) is 7.92. The Morgan fingerprint density at radius 3 is 2.69 bits per heavy atom. The number of carbonyl (C=O) groups excluding carboxylic acids is 1. The van der Waals surface area contributed by atoms with Crippen LogP contribution in [0, 0.1) is 0 Å². The van der Waals surface area contributed by atoms with Crippen LogP contribution in [-0.4, -0.2) is 39.0 Å².